The summed E-state index contributed by atoms with van der Waals surface area (Å²) in [4.78, 5) is 15.8. The van der Waals surface area contributed by atoms with Crippen LogP contribution in [0.3, 0.4) is 0 Å². The molecule has 1 aromatic rings. The Morgan fingerprint density at radius 3 is 2.44 bits per heavy atom. The van der Waals surface area contributed by atoms with Crippen molar-refractivity contribution >= 4 is 30.7 Å². The van der Waals surface area contributed by atoms with Gasteiger partial charge in [0.15, 0.2) is 0 Å². The fraction of sp³-hybridized carbons (Fsp3) is 0.500. The van der Waals surface area contributed by atoms with Gasteiger partial charge in [-0.3, -0.25) is 9.78 Å². The summed E-state index contributed by atoms with van der Waals surface area (Å²) >= 11 is 0. The van der Waals surface area contributed by atoms with Crippen molar-refractivity contribution in [3.63, 3.8) is 0 Å². The molecule has 3 N–H and O–H groups in total. The van der Waals surface area contributed by atoms with E-state index < -0.39 is 0 Å². The molecule has 0 aliphatic heterocycles. The van der Waals surface area contributed by atoms with Crippen LogP contribution in [0.25, 0.3) is 0 Å². The first-order valence-corrected chi connectivity index (χ1v) is 5.58. The van der Waals surface area contributed by atoms with Crippen molar-refractivity contribution in [3.05, 3.63) is 30.1 Å². The average molecular weight is 292 g/mol. The third-order valence-electron chi connectivity index (χ3n) is 3.24. The van der Waals surface area contributed by atoms with Crippen LogP contribution < -0.4 is 11.1 Å². The fourth-order valence-electron chi connectivity index (χ4n) is 1.88. The maximum Gasteiger partial charge on any atom is 0.251 e. The van der Waals surface area contributed by atoms with E-state index in [1.54, 1.807) is 24.5 Å². The minimum atomic E-state index is -0.264. The number of hydrogen-bond acceptors (Lipinski definition) is 3. The summed E-state index contributed by atoms with van der Waals surface area (Å²) in [7, 11) is 0. The Hall–Kier alpha value is -0.840. The van der Waals surface area contributed by atoms with Crippen LogP contribution in [0.5, 0.6) is 0 Å². The fourth-order valence-corrected chi connectivity index (χ4v) is 1.88. The van der Waals surface area contributed by atoms with Gasteiger partial charge in [0.05, 0.1) is 5.54 Å². The van der Waals surface area contributed by atoms with Gasteiger partial charge in [-0.2, -0.15) is 0 Å². The van der Waals surface area contributed by atoms with Crippen LogP contribution in [0.4, 0.5) is 0 Å². The Morgan fingerprint density at radius 1 is 1.44 bits per heavy atom. The predicted molar refractivity (Wildman–Crippen MR) is 76.4 cm³/mol. The molecule has 4 nitrogen and oxygen atoms in total. The topological polar surface area (TPSA) is 68.0 Å². The summed E-state index contributed by atoms with van der Waals surface area (Å²) < 4.78 is 0. The highest BCUT2D eigenvalue weighted by Gasteiger charge is 2.41. The first-order chi connectivity index (χ1) is 7.65. The SMILES string of the molecule is CC(CN)(NC(=O)c1ccncc1)C1CC1.Cl.Cl. The van der Waals surface area contributed by atoms with Crippen molar-refractivity contribution < 1.29 is 4.79 Å². The Labute approximate surface area is 120 Å². The molecule has 0 radical (unpaired) electrons. The van der Waals surface area contributed by atoms with Crippen LogP contribution in [0.15, 0.2) is 24.5 Å². The Morgan fingerprint density at radius 2 is 2.00 bits per heavy atom. The van der Waals surface area contributed by atoms with Gasteiger partial charge in [0.25, 0.3) is 5.91 Å². The lowest BCUT2D eigenvalue weighted by molar-refractivity contribution is 0.0897. The summed E-state index contributed by atoms with van der Waals surface area (Å²) in [6.45, 7) is 2.50. The van der Waals surface area contributed by atoms with Gasteiger partial charge in [0, 0.05) is 24.5 Å². The lowest BCUT2D eigenvalue weighted by atomic mass is 9.95. The lowest BCUT2D eigenvalue weighted by Crippen LogP contribution is -2.53. The molecule has 2 rings (SSSR count). The number of aromatic nitrogens is 1. The van der Waals surface area contributed by atoms with Gasteiger partial charge >= 0.3 is 0 Å². The van der Waals surface area contributed by atoms with Gasteiger partial charge in [-0.15, -0.1) is 24.8 Å². The van der Waals surface area contributed by atoms with Crippen LogP contribution in [-0.4, -0.2) is 23.0 Å². The molecule has 18 heavy (non-hydrogen) atoms. The van der Waals surface area contributed by atoms with Crippen molar-refractivity contribution in [1.82, 2.24) is 10.3 Å². The molecule has 1 atom stereocenters. The number of hydrogen-bond donors (Lipinski definition) is 2. The smallest absolute Gasteiger partial charge is 0.251 e. The Balaban J connectivity index is 0.00000144. The number of rotatable bonds is 4. The van der Waals surface area contributed by atoms with Crippen molar-refractivity contribution in [2.45, 2.75) is 25.3 Å². The molecule has 0 saturated heterocycles. The van der Waals surface area contributed by atoms with Crippen LogP contribution in [0.2, 0.25) is 0 Å². The van der Waals surface area contributed by atoms with Gasteiger partial charge in [-0.1, -0.05) is 0 Å². The van der Waals surface area contributed by atoms with Crippen LogP contribution in [0.1, 0.15) is 30.1 Å². The monoisotopic (exact) mass is 291 g/mol. The largest absolute Gasteiger partial charge is 0.345 e. The summed E-state index contributed by atoms with van der Waals surface area (Å²) in [6, 6.07) is 3.42. The van der Waals surface area contributed by atoms with Crippen LogP contribution in [-0.2, 0) is 0 Å². The highest BCUT2D eigenvalue weighted by Crippen LogP contribution is 2.39. The molecule has 1 amide bonds. The minimum absolute atomic E-state index is 0. The van der Waals surface area contributed by atoms with Gasteiger partial charge < -0.3 is 11.1 Å². The molecular formula is C12H19Cl2N3O. The molecular weight excluding hydrogens is 273 g/mol. The second-order valence-corrected chi connectivity index (χ2v) is 4.59. The van der Waals surface area contributed by atoms with Crippen molar-refractivity contribution in [2.75, 3.05) is 6.54 Å². The second kappa shape index (κ2) is 6.92. The molecule has 102 valence electrons. The quantitative estimate of drug-likeness (QED) is 0.889. The number of halogens is 2. The van der Waals surface area contributed by atoms with Crippen LogP contribution >= 0.6 is 24.8 Å². The van der Waals surface area contributed by atoms with E-state index in [2.05, 4.69) is 10.3 Å². The van der Waals surface area contributed by atoms with Gasteiger partial charge in [-0.25, -0.2) is 0 Å². The molecule has 1 aliphatic rings. The van der Waals surface area contributed by atoms with Crippen molar-refractivity contribution in [3.8, 4) is 0 Å². The van der Waals surface area contributed by atoms with E-state index in [4.69, 9.17) is 5.73 Å². The number of amides is 1. The van der Waals surface area contributed by atoms with E-state index >= 15 is 0 Å². The molecule has 0 bridgehead atoms. The molecule has 1 aromatic heterocycles. The third kappa shape index (κ3) is 3.83. The summed E-state index contributed by atoms with van der Waals surface area (Å²) in [5, 5.41) is 3.03. The maximum atomic E-state index is 12.0. The van der Waals surface area contributed by atoms with Crippen molar-refractivity contribution in [2.24, 2.45) is 11.7 Å². The van der Waals surface area contributed by atoms with E-state index in [-0.39, 0.29) is 36.3 Å². The molecule has 1 saturated carbocycles. The molecule has 0 aromatic carbocycles. The molecule has 1 unspecified atom stereocenters. The maximum absolute atomic E-state index is 12.0. The zero-order valence-electron chi connectivity index (χ0n) is 10.3. The number of nitrogens with zero attached hydrogens (tertiary/aromatic N) is 1. The zero-order valence-corrected chi connectivity index (χ0v) is 11.9. The molecule has 6 heteroatoms. The highest BCUT2D eigenvalue weighted by molar-refractivity contribution is 5.94. The van der Waals surface area contributed by atoms with Crippen molar-refractivity contribution in [1.29, 1.82) is 0 Å². The number of pyridine rings is 1. The average Bonchev–Trinajstić information content (AvgIpc) is 3.14. The van der Waals surface area contributed by atoms with E-state index in [9.17, 15) is 4.79 Å². The standard InChI is InChI=1S/C12H17N3O.2ClH/c1-12(8-13,10-2-3-10)15-11(16)9-4-6-14-7-5-9;;/h4-7,10H,2-3,8,13H2,1H3,(H,15,16);2*1H. The number of carbonyl (C=O) groups excluding carboxylic acids is 1. The predicted octanol–water partition coefficient (Wildman–Crippen LogP) is 1.78. The summed E-state index contributed by atoms with van der Waals surface area (Å²) in [5.74, 6) is 0.463. The van der Waals surface area contributed by atoms with E-state index in [0.29, 0.717) is 18.0 Å². The van der Waals surface area contributed by atoms with E-state index in [1.165, 1.54) is 0 Å². The number of nitrogens with one attached hydrogen (secondary N) is 1. The van der Waals surface area contributed by atoms with Gasteiger partial charge in [0.2, 0.25) is 0 Å². The Kier molecular flexibility index (Phi) is 6.60. The number of carbonyl (C=O) groups is 1. The highest BCUT2D eigenvalue weighted by atomic mass is 35.5. The van der Waals surface area contributed by atoms with E-state index in [0.717, 1.165) is 12.8 Å². The van der Waals surface area contributed by atoms with E-state index in [1.807, 2.05) is 6.92 Å². The molecule has 1 fully saturated rings. The summed E-state index contributed by atoms with van der Waals surface area (Å²) in [5.41, 5.74) is 6.12. The van der Waals surface area contributed by atoms with Crippen LogP contribution in [0, 0.1) is 5.92 Å². The van der Waals surface area contributed by atoms with Gasteiger partial charge in [0.1, 0.15) is 0 Å². The normalized spacial score (nSPS) is 16.8. The first-order valence-electron chi connectivity index (χ1n) is 5.58. The number of nitrogens with two attached hydrogens (primary N) is 1. The first kappa shape index (κ1) is 17.2. The Bertz CT molecular complexity index is 384. The molecule has 1 heterocycles. The minimum Gasteiger partial charge on any atom is -0.345 e. The lowest BCUT2D eigenvalue weighted by Gasteiger charge is -2.29. The third-order valence-corrected chi connectivity index (χ3v) is 3.24. The summed E-state index contributed by atoms with van der Waals surface area (Å²) in [6.07, 6.45) is 5.55. The zero-order chi connectivity index (χ0) is 11.6. The molecule has 0 spiro atoms. The second-order valence-electron chi connectivity index (χ2n) is 4.59. The van der Waals surface area contributed by atoms with Gasteiger partial charge in [-0.05, 0) is 37.8 Å². The molecule has 1 aliphatic carbocycles.